The Balaban J connectivity index is 1.79. The van der Waals surface area contributed by atoms with Crippen molar-refractivity contribution in [3.8, 4) is 0 Å². The Bertz CT molecular complexity index is 1060. The number of carbonyl (C=O) groups excluding carboxylic acids is 2. The van der Waals surface area contributed by atoms with Crippen molar-refractivity contribution in [1.29, 1.82) is 0 Å². The van der Waals surface area contributed by atoms with Crippen molar-refractivity contribution < 1.29 is 9.59 Å². The third-order valence-corrected chi connectivity index (χ3v) is 5.53. The van der Waals surface area contributed by atoms with E-state index >= 15 is 0 Å². The second-order valence-corrected chi connectivity index (χ2v) is 7.72. The van der Waals surface area contributed by atoms with E-state index in [0.29, 0.717) is 11.6 Å². The average Bonchev–Trinajstić information content (AvgIpc) is 2.93. The SMILES string of the molecule is CNC(=O)c1nccc(N2C(=O)C(C)(C)C3CC=C(c4cnc(C)nc4)C=C32)n1. The van der Waals surface area contributed by atoms with E-state index in [-0.39, 0.29) is 17.6 Å². The van der Waals surface area contributed by atoms with Gasteiger partial charge in [0.15, 0.2) is 0 Å². The number of amides is 2. The predicted octanol–water partition coefficient (Wildman–Crippen LogP) is 2.29. The topological polar surface area (TPSA) is 101 Å². The number of hydrogen-bond donors (Lipinski definition) is 1. The summed E-state index contributed by atoms with van der Waals surface area (Å²) in [4.78, 5) is 43.8. The lowest BCUT2D eigenvalue weighted by Gasteiger charge is -2.25. The van der Waals surface area contributed by atoms with Gasteiger partial charge < -0.3 is 5.32 Å². The third kappa shape index (κ3) is 3.10. The molecule has 0 aromatic carbocycles. The number of rotatable bonds is 3. The molecule has 2 aliphatic rings. The highest BCUT2D eigenvalue weighted by Gasteiger charge is 2.51. The summed E-state index contributed by atoms with van der Waals surface area (Å²) < 4.78 is 0. The van der Waals surface area contributed by atoms with Crippen LogP contribution in [-0.4, -0.2) is 38.8 Å². The molecule has 1 aliphatic carbocycles. The van der Waals surface area contributed by atoms with Crippen molar-refractivity contribution in [3.63, 3.8) is 0 Å². The minimum Gasteiger partial charge on any atom is -0.352 e. The molecular weight excluding hydrogens is 368 g/mol. The molecule has 2 aromatic rings. The van der Waals surface area contributed by atoms with E-state index in [2.05, 4.69) is 31.3 Å². The number of fused-ring (bicyclic) bond motifs is 1. The number of nitrogens with zero attached hydrogens (tertiary/aromatic N) is 5. The van der Waals surface area contributed by atoms with Crippen LogP contribution in [-0.2, 0) is 4.79 Å². The molecule has 0 radical (unpaired) electrons. The Kier molecular flexibility index (Phi) is 4.49. The lowest BCUT2D eigenvalue weighted by molar-refractivity contribution is -0.125. The van der Waals surface area contributed by atoms with Crippen LogP contribution in [0.1, 0.15) is 42.3 Å². The zero-order chi connectivity index (χ0) is 20.8. The summed E-state index contributed by atoms with van der Waals surface area (Å²) in [7, 11) is 1.52. The predicted molar refractivity (Wildman–Crippen MR) is 108 cm³/mol. The quantitative estimate of drug-likeness (QED) is 0.863. The number of nitrogens with one attached hydrogen (secondary N) is 1. The monoisotopic (exact) mass is 390 g/mol. The van der Waals surface area contributed by atoms with Gasteiger partial charge in [0.1, 0.15) is 11.6 Å². The first-order valence-corrected chi connectivity index (χ1v) is 9.43. The summed E-state index contributed by atoms with van der Waals surface area (Å²) in [6.45, 7) is 5.73. The number of allylic oxidation sites excluding steroid dienone is 4. The van der Waals surface area contributed by atoms with Crippen LogP contribution in [0.4, 0.5) is 5.82 Å². The zero-order valence-corrected chi connectivity index (χ0v) is 16.8. The van der Waals surface area contributed by atoms with Crippen LogP contribution < -0.4 is 10.2 Å². The van der Waals surface area contributed by atoms with Gasteiger partial charge in [-0.3, -0.25) is 14.5 Å². The highest BCUT2D eigenvalue weighted by Crippen LogP contribution is 2.50. The molecule has 3 heterocycles. The first kappa shape index (κ1) is 18.9. The second-order valence-electron chi connectivity index (χ2n) is 7.72. The lowest BCUT2D eigenvalue weighted by atomic mass is 9.75. The van der Waals surface area contributed by atoms with Crippen LogP contribution in [0.15, 0.2) is 42.5 Å². The minimum atomic E-state index is -0.588. The number of anilines is 1. The van der Waals surface area contributed by atoms with Gasteiger partial charge >= 0.3 is 0 Å². The smallest absolute Gasteiger partial charge is 0.288 e. The first-order chi connectivity index (χ1) is 13.8. The number of carbonyl (C=O) groups is 2. The molecule has 1 saturated heterocycles. The summed E-state index contributed by atoms with van der Waals surface area (Å²) in [5.41, 5.74) is 2.13. The van der Waals surface area contributed by atoms with Crippen molar-refractivity contribution in [2.24, 2.45) is 11.3 Å². The molecule has 4 rings (SSSR count). The molecule has 1 aliphatic heterocycles. The van der Waals surface area contributed by atoms with Crippen LogP contribution in [0.5, 0.6) is 0 Å². The maximum absolute atomic E-state index is 13.3. The van der Waals surface area contributed by atoms with E-state index in [1.807, 2.05) is 26.8 Å². The van der Waals surface area contributed by atoms with Crippen molar-refractivity contribution in [1.82, 2.24) is 25.3 Å². The van der Waals surface area contributed by atoms with Gasteiger partial charge in [0.05, 0.1) is 5.41 Å². The normalized spacial score (nSPS) is 20.1. The summed E-state index contributed by atoms with van der Waals surface area (Å²) in [6.07, 6.45) is 9.90. The molecule has 2 aromatic heterocycles. The van der Waals surface area contributed by atoms with Gasteiger partial charge in [-0.25, -0.2) is 19.9 Å². The van der Waals surface area contributed by atoms with E-state index in [1.165, 1.54) is 13.2 Å². The van der Waals surface area contributed by atoms with Crippen molar-refractivity contribution >= 4 is 23.2 Å². The molecule has 0 saturated carbocycles. The average molecular weight is 390 g/mol. The van der Waals surface area contributed by atoms with Gasteiger partial charge in [0.25, 0.3) is 5.91 Å². The van der Waals surface area contributed by atoms with Crippen molar-refractivity contribution in [2.75, 3.05) is 11.9 Å². The van der Waals surface area contributed by atoms with Gasteiger partial charge in [0.2, 0.25) is 11.7 Å². The summed E-state index contributed by atoms with van der Waals surface area (Å²) in [5, 5.41) is 2.51. The lowest BCUT2D eigenvalue weighted by Crippen LogP contribution is -2.32. The van der Waals surface area contributed by atoms with Gasteiger partial charge in [-0.1, -0.05) is 19.9 Å². The van der Waals surface area contributed by atoms with E-state index in [4.69, 9.17) is 0 Å². The van der Waals surface area contributed by atoms with Crippen LogP contribution >= 0.6 is 0 Å². The fourth-order valence-electron chi connectivity index (χ4n) is 3.80. The Morgan fingerprint density at radius 3 is 2.66 bits per heavy atom. The number of aryl methyl sites for hydroxylation is 1. The molecule has 2 amide bonds. The highest BCUT2D eigenvalue weighted by atomic mass is 16.2. The molecule has 8 nitrogen and oxygen atoms in total. The van der Waals surface area contributed by atoms with Crippen molar-refractivity contribution in [3.05, 3.63) is 59.7 Å². The highest BCUT2D eigenvalue weighted by molar-refractivity contribution is 6.04. The molecule has 1 fully saturated rings. The molecule has 0 spiro atoms. The number of hydrogen-bond acceptors (Lipinski definition) is 6. The first-order valence-electron chi connectivity index (χ1n) is 9.43. The Morgan fingerprint density at radius 1 is 1.24 bits per heavy atom. The van der Waals surface area contributed by atoms with Gasteiger partial charge in [-0.2, -0.15) is 0 Å². The van der Waals surface area contributed by atoms with E-state index in [9.17, 15) is 9.59 Å². The molecule has 148 valence electrons. The third-order valence-electron chi connectivity index (χ3n) is 5.53. The number of aromatic nitrogens is 4. The molecule has 29 heavy (non-hydrogen) atoms. The van der Waals surface area contributed by atoms with Crippen molar-refractivity contribution in [2.45, 2.75) is 27.2 Å². The van der Waals surface area contributed by atoms with E-state index < -0.39 is 11.3 Å². The van der Waals surface area contributed by atoms with Crippen LogP contribution in [0.2, 0.25) is 0 Å². The van der Waals surface area contributed by atoms with E-state index in [1.54, 1.807) is 23.4 Å². The van der Waals surface area contributed by atoms with Gasteiger partial charge in [-0.05, 0) is 31.1 Å². The molecule has 1 atom stereocenters. The molecule has 0 bridgehead atoms. The Labute approximate surface area is 168 Å². The zero-order valence-electron chi connectivity index (χ0n) is 16.8. The van der Waals surface area contributed by atoms with E-state index in [0.717, 1.165) is 23.3 Å². The molecule has 1 unspecified atom stereocenters. The Morgan fingerprint density at radius 2 is 1.97 bits per heavy atom. The standard InChI is InChI=1S/C21H22N6O2/c1-12-24-10-14(11-25-12)13-5-6-15-16(9-13)27(20(29)21(15,2)3)17-7-8-23-18(26-17)19(28)22-4/h5,7-11,15H,6H2,1-4H3,(H,22,28). The van der Waals surface area contributed by atoms with Gasteiger partial charge in [0, 0.05) is 42.8 Å². The molecule has 1 N–H and O–H groups in total. The molecule has 8 heteroatoms. The maximum Gasteiger partial charge on any atom is 0.288 e. The largest absolute Gasteiger partial charge is 0.352 e. The maximum atomic E-state index is 13.3. The second kappa shape index (κ2) is 6.88. The fourth-order valence-corrected chi connectivity index (χ4v) is 3.80. The minimum absolute atomic E-state index is 0.0172. The molecular formula is C21H22N6O2. The summed E-state index contributed by atoms with van der Waals surface area (Å²) >= 11 is 0. The van der Waals surface area contributed by atoms with Gasteiger partial charge in [-0.15, -0.1) is 0 Å². The van der Waals surface area contributed by atoms with Crippen LogP contribution in [0.3, 0.4) is 0 Å². The van der Waals surface area contributed by atoms with Crippen LogP contribution in [0.25, 0.3) is 5.57 Å². The summed E-state index contributed by atoms with van der Waals surface area (Å²) in [5.74, 6) is 0.695. The Hall–Kier alpha value is -3.42. The van der Waals surface area contributed by atoms with Crippen LogP contribution in [0, 0.1) is 18.3 Å². The summed E-state index contributed by atoms with van der Waals surface area (Å²) in [6, 6.07) is 1.65. The fraction of sp³-hybridized carbons (Fsp3) is 0.333.